The SMILES string of the molecule is C[SiH](O[Si](C)(C)C)c1cccc(N)c1. The predicted molar refractivity (Wildman–Crippen MR) is 67.9 cm³/mol. The molecule has 0 bridgehead atoms. The molecule has 1 aromatic carbocycles. The first-order chi connectivity index (χ1) is 6.38. The van der Waals surface area contributed by atoms with Crippen LogP contribution in [0, 0.1) is 0 Å². The van der Waals surface area contributed by atoms with Gasteiger partial charge in [-0.25, -0.2) is 0 Å². The van der Waals surface area contributed by atoms with Gasteiger partial charge in [-0.2, -0.15) is 0 Å². The molecule has 0 heterocycles. The fraction of sp³-hybridized carbons (Fsp3) is 0.400. The van der Waals surface area contributed by atoms with Crippen LogP contribution in [0.2, 0.25) is 26.2 Å². The first-order valence-corrected chi connectivity index (χ1v) is 10.5. The molecule has 0 aromatic heterocycles. The van der Waals surface area contributed by atoms with E-state index in [0.717, 1.165) is 5.69 Å². The molecule has 1 rings (SSSR count). The highest BCUT2D eigenvalue weighted by atomic mass is 28.4. The first-order valence-electron chi connectivity index (χ1n) is 4.92. The van der Waals surface area contributed by atoms with Gasteiger partial charge in [-0.05, 0) is 43.5 Å². The summed E-state index contributed by atoms with van der Waals surface area (Å²) in [5.41, 5.74) is 6.57. The predicted octanol–water partition coefficient (Wildman–Crippen LogP) is 1.68. The van der Waals surface area contributed by atoms with Crippen molar-refractivity contribution in [3.8, 4) is 0 Å². The van der Waals surface area contributed by atoms with Crippen LogP contribution in [0.15, 0.2) is 24.3 Å². The number of benzene rings is 1. The largest absolute Gasteiger partial charge is 0.455 e. The lowest BCUT2D eigenvalue weighted by atomic mass is 10.3. The zero-order valence-corrected chi connectivity index (χ0v) is 11.5. The number of nitrogen functional groups attached to an aromatic ring is 1. The Kier molecular flexibility index (Phi) is 3.52. The maximum absolute atomic E-state index is 6.10. The molecule has 0 radical (unpaired) electrons. The van der Waals surface area contributed by atoms with Gasteiger partial charge in [-0.15, -0.1) is 0 Å². The molecule has 0 saturated carbocycles. The van der Waals surface area contributed by atoms with Gasteiger partial charge in [0, 0.05) is 5.69 Å². The van der Waals surface area contributed by atoms with Crippen molar-refractivity contribution in [1.29, 1.82) is 0 Å². The summed E-state index contributed by atoms with van der Waals surface area (Å²) in [6.45, 7) is 8.89. The monoisotopic (exact) mass is 225 g/mol. The Hall–Kier alpha value is -0.586. The van der Waals surface area contributed by atoms with E-state index in [0.29, 0.717) is 0 Å². The van der Waals surface area contributed by atoms with E-state index in [-0.39, 0.29) is 0 Å². The van der Waals surface area contributed by atoms with E-state index < -0.39 is 17.4 Å². The molecule has 0 aliphatic carbocycles. The number of hydrogen-bond acceptors (Lipinski definition) is 2. The molecule has 2 nitrogen and oxygen atoms in total. The van der Waals surface area contributed by atoms with Crippen molar-refractivity contribution in [1.82, 2.24) is 0 Å². The molecule has 0 aliphatic rings. The maximum atomic E-state index is 6.10. The van der Waals surface area contributed by atoms with E-state index in [1.54, 1.807) is 0 Å². The van der Waals surface area contributed by atoms with Crippen molar-refractivity contribution in [2.24, 2.45) is 0 Å². The van der Waals surface area contributed by atoms with Crippen LogP contribution in [0.25, 0.3) is 0 Å². The summed E-state index contributed by atoms with van der Waals surface area (Å²) in [6.07, 6.45) is 0. The second-order valence-corrected chi connectivity index (χ2v) is 11.7. The van der Waals surface area contributed by atoms with Gasteiger partial charge in [0.25, 0.3) is 0 Å². The minimum Gasteiger partial charge on any atom is -0.455 e. The summed E-state index contributed by atoms with van der Waals surface area (Å²) in [7, 11) is -2.63. The van der Waals surface area contributed by atoms with Gasteiger partial charge in [0.05, 0.1) is 0 Å². The Morgan fingerprint density at radius 3 is 2.43 bits per heavy atom. The van der Waals surface area contributed by atoms with Gasteiger partial charge >= 0.3 is 0 Å². The summed E-state index contributed by atoms with van der Waals surface area (Å²) in [4.78, 5) is 0. The van der Waals surface area contributed by atoms with E-state index in [1.165, 1.54) is 5.19 Å². The fourth-order valence-electron chi connectivity index (χ4n) is 1.41. The zero-order chi connectivity index (χ0) is 10.8. The Morgan fingerprint density at radius 1 is 1.29 bits per heavy atom. The molecule has 0 amide bonds. The van der Waals surface area contributed by atoms with Crippen LogP contribution < -0.4 is 10.9 Å². The standard InChI is InChI=1S/C10H19NOSi2/c1-13(12-14(2,3)4)10-7-5-6-9(11)8-10/h5-8,13H,11H2,1-4H3. The third kappa shape index (κ3) is 3.65. The minimum atomic E-state index is -1.40. The smallest absolute Gasteiger partial charge is 0.192 e. The van der Waals surface area contributed by atoms with Crippen LogP contribution >= 0.6 is 0 Å². The van der Waals surface area contributed by atoms with Gasteiger partial charge in [0.2, 0.25) is 0 Å². The lowest BCUT2D eigenvalue weighted by Gasteiger charge is -2.23. The second kappa shape index (κ2) is 4.29. The lowest BCUT2D eigenvalue weighted by Crippen LogP contribution is -2.40. The summed E-state index contributed by atoms with van der Waals surface area (Å²) < 4.78 is 6.10. The van der Waals surface area contributed by atoms with Crippen molar-refractivity contribution in [3.05, 3.63) is 24.3 Å². The quantitative estimate of drug-likeness (QED) is 0.627. The average Bonchev–Trinajstić information content (AvgIpc) is 2.01. The number of hydrogen-bond donors (Lipinski definition) is 1. The topological polar surface area (TPSA) is 35.2 Å². The average molecular weight is 225 g/mol. The summed E-state index contributed by atoms with van der Waals surface area (Å²) in [5, 5.41) is 1.30. The molecule has 2 N–H and O–H groups in total. The third-order valence-electron chi connectivity index (χ3n) is 1.91. The van der Waals surface area contributed by atoms with Crippen molar-refractivity contribution >= 4 is 28.2 Å². The van der Waals surface area contributed by atoms with E-state index in [9.17, 15) is 0 Å². The van der Waals surface area contributed by atoms with Crippen LogP contribution in [0.3, 0.4) is 0 Å². The van der Waals surface area contributed by atoms with Crippen molar-refractivity contribution in [3.63, 3.8) is 0 Å². The van der Waals surface area contributed by atoms with Gasteiger partial charge in [-0.3, -0.25) is 0 Å². The maximum Gasteiger partial charge on any atom is 0.192 e. The molecule has 4 heteroatoms. The van der Waals surface area contributed by atoms with Gasteiger partial charge in [-0.1, -0.05) is 12.1 Å². The molecule has 1 atom stereocenters. The molecular formula is C10H19NOSi2. The van der Waals surface area contributed by atoms with Crippen molar-refractivity contribution < 1.29 is 4.12 Å². The fourth-order valence-corrected chi connectivity index (χ4v) is 7.01. The minimum absolute atomic E-state index is 0.834. The van der Waals surface area contributed by atoms with E-state index >= 15 is 0 Å². The molecule has 0 spiro atoms. The first kappa shape index (κ1) is 11.5. The molecule has 0 saturated heterocycles. The molecular weight excluding hydrogens is 206 g/mol. The van der Waals surface area contributed by atoms with Crippen molar-refractivity contribution in [2.45, 2.75) is 26.2 Å². The van der Waals surface area contributed by atoms with Gasteiger partial charge in [0.15, 0.2) is 17.4 Å². The number of rotatable bonds is 3. The van der Waals surface area contributed by atoms with Gasteiger partial charge in [0.1, 0.15) is 0 Å². The Labute approximate surface area is 88.9 Å². The zero-order valence-electron chi connectivity index (χ0n) is 9.37. The molecule has 14 heavy (non-hydrogen) atoms. The number of nitrogens with two attached hydrogens (primary N) is 1. The summed E-state index contributed by atoms with van der Waals surface area (Å²) in [6, 6.07) is 8.07. The summed E-state index contributed by atoms with van der Waals surface area (Å²) in [5.74, 6) is 0. The van der Waals surface area contributed by atoms with E-state index in [4.69, 9.17) is 9.85 Å². The Balaban J connectivity index is 2.74. The van der Waals surface area contributed by atoms with Crippen LogP contribution in [0.5, 0.6) is 0 Å². The highest BCUT2D eigenvalue weighted by molar-refractivity contribution is 6.81. The highest BCUT2D eigenvalue weighted by Gasteiger charge is 2.19. The molecule has 1 unspecified atom stereocenters. The van der Waals surface area contributed by atoms with E-state index in [2.05, 4.69) is 32.3 Å². The molecule has 0 aliphatic heterocycles. The number of anilines is 1. The molecule has 78 valence electrons. The van der Waals surface area contributed by atoms with Crippen LogP contribution in [0.1, 0.15) is 0 Å². The van der Waals surface area contributed by atoms with E-state index in [1.807, 2.05) is 18.2 Å². The van der Waals surface area contributed by atoms with Crippen molar-refractivity contribution in [2.75, 3.05) is 5.73 Å². The van der Waals surface area contributed by atoms with Crippen LogP contribution in [0.4, 0.5) is 5.69 Å². The Morgan fingerprint density at radius 2 is 1.93 bits per heavy atom. The molecule has 1 aromatic rings. The summed E-state index contributed by atoms with van der Waals surface area (Å²) >= 11 is 0. The van der Waals surface area contributed by atoms with Gasteiger partial charge < -0.3 is 9.85 Å². The lowest BCUT2D eigenvalue weighted by molar-refractivity contribution is 0.589. The van der Waals surface area contributed by atoms with Crippen LogP contribution in [-0.2, 0) is 4.12 Å². The third-order valence-corrected chi connectivity index (χ3v) is 7.45. The normalized spacial score (nSPS) is 14.0. The second-order valence-electron chi connectivity index (χ2n) is 4.54. The Bertz CT molecular complexity index is 309. The molecule has 0 fully saturated rings. The highest BCUT2D eigenvalue weighted by Crippen LogP contribution is 2.06. The van der Waals surface area contributed by atoms with Crippen LogP contribution in [-0.4, -0.2) is 17.4 Å².